The normalized spacial score (nSPS) is 25.8. The molecule has 3 aliphatic rings. The van der Waals surface area contributed by atoms with Crippen LogP contribution < -0.4 is 0 Å². The smallest absolute Gasteiger partial charge is 0.281 e. The van der Waals surface area contributed by atoms with Crippen molar-refractivity contribution in [2.24, 2.45) is 11.3 Å². The highest BCUT2D eigenvalue weighted by Gasteiger charge is 2.41. The zero-order chi connectivity index (χ0) is 18.1. The van der Waals surface area contributed by atoms with Crippen LogP contribution in [-0.2, 0) is 15.0 Å². The third-order valence-electron chi connectivity index (χ3n) is 6.66. The van der Waals surface area contributed by atoms with E-state index in [4.69, 9.17) is 0 Å². The van der Waals surface area contributed by atoms with Crippen LogP contribution in [0.2, 0.25) is 0 Å². The monoisotopic (exact) mass is 371 g/mol. The van der Waals surface area contributed by atoms with Crippen LogP contribution in [0.25, 0.3) is 0 Å². The van der Waals surface area contributed by atoms with Crippen molar-refractivity contribution in [1.29, 1.82) is 0 Å². The van der Waals surface area contributed by atoms with Gasteiger partial charge in [-0.1, -0.05) is 0 Å². The van der Waals surface area contributed by atoms with Crippen LogP contribution in [0.1, 0.15) is 57.8 Å². The number of piperidine rings is 1. The molecular formula is C18H33N3O3S. The summed E-state index contributed by atoms with van der Waals surface area (Å²) in [5, 5.41) is 0. The van der Waals surface area contributed by atoms with Crippen molar-refractivity contribution in [3.8, 4) is 0 Å². The fraction of sp³-hybridized carbons (Fsp3) is 0.944. The molecule has 0 unspecified atom stereocenters. The quantitative estimate of drug-likeness (QED) is 0.760. The Bertz CT molecular complexity index is 566. The van der Waals surface area contributed by atoms with Crippen LogP contribution in [0.5, 0.6) is 0 Å². The molecule has 3 fully saturated rings. The first-order valence-corrected chi connectivity index (χ1v) is 11.2. The van der Waals surface area contributed by atoms with Gasteiger partial charge >= 0.3 is 0 Å². The number of hydrogen-bond donors (Lipinski definition) is 0. The summed E-state index contributed by atoms with van der Waals surface area (Å²) in [6, 6.07) is 0. The van der Waals surface area contributed by atoms with Gasteiger partial charge in [-0.2, -0.15) is 17.0 Å². The summed E-state index contributed by atoms with van der Waals surface area (Å²) in [7, 11) is -0.0760. The van der Waals surface area contributed by atoms with Crippen LogP contribution in [0.4, 0.5) is 0 Å². The van der Waals surface area contributed by atoms with Gasteiger partial charge in [-0.3, -0.25) is 4.79 Å². The first kappa shape index (κ1) is 19.1. The van der Waals surface area contributed by atoms with Crippen LogP contribution in [-0.4, -0.2) is 68.1 Å². The summed E-state index contributed by atoms with van der Waals surface area (Å²) in [5.41, 5.74) is 0.311. The average Bonchev–Trinajstić information content (AvgIpc) is 3.12. The Labute approximate surface area is 152 Å². The van der Waals surface area contributed by atoms with Crippen LogP contribution in [0.3, 0.4) is 0 Å². The topological polar surface area (TPSA) is 60.9 Å². The molecule has 0 aromatic rings. The van der Waals surface area contributed by atoms with Gasteiger partial charge in [0.15, 0.2) is 0 Å². The molecule has 1 amide bonds. The number of hydrogen-bond acceptors (Lipinski definition) is 3. The maximum absolute atomic E-state index is 12.3. The third-order valence-corrected chi connectivity index (χ3v) is 8.60. The van der Waals surface area contributed by atoms with Crippen LogP contribution in [0, 0.1) is 11.3 Å². The van der Waals surface area contributed by atoms with E-state index in [-0.39, 0.29) is 0 Å². The maximum Gasteiger partial charge on any atom is 0.281 e. The molecule has 2 heterocycles. The van der Waals surface area contributed by atoms with Gasteiger partial charge in [0, 0.05) is 46.7 Å². The summed E-state index contributed by atoms with van der Waals surface area (Å²) < 4.78 is 27.5. The largest absolute Gasteiger partial charge is 0.343 e. The summed E-state index contributed by atoms with van der Waals surface area (Å²) in [5.74, 6) is 0.882. The standard InChI is InChI=1S/C18H33N3O3S/c1-19(2)25(23,24)21-13-9-18(10-14-21)7-5-16(6-8-18)15-17(22)20-11-3-4-12-20/h16H,3-15H2,1-2H3. The molecule has 3 rings (SSSR count). The molecule has 144 valence electrons. The highest BCUT2D eigenvalue weighted by molar-refractivity contribution is 7.86. The minimum Gasteiger partial charge on any atom is -0.343 e. The maximum atomic E-state index is 12.3. The molecule has 7 heteroatoms. The van der Waals surface area contributed by atoms with Gasteiger partial charge in [-0.05, 0) is 62.7 Å². The molecule has 0 atom stereocenters. The zero-order valence-corrected chi connectivity index (χ0v) is 16.6. The van der Waals surface area contributed by atoms with E-state index in [1.165, 1.54) is 4.31 Å². The molecule has 0 aromatic heterocycles. The molecule has 1 saturated carbocycles. The van der Waals surface area contributed by atoms with Gasteiger partial charge in [0.25, 0.3) is 10.2 Å². The number of carbonyl (C=O) groups is 1. The Morgan fingerprint density at radius 3 is 2.08 bits per heavy atom. The lowest BCUT2D eigenvalue weighted by Crippen LogP contribution is -2.48. The molecule has 0 aromatic carbocycles. The summed E-state index contributed by atoms with van der Waals surface area (Å²) in [6.45, 7) is 3.17. The molecule has 2 saturated heterocycles. The van der Waals surface area contributed by atoms with Gasteiger partial charge in [0.1, 0.15) is 0 Å². The van der Waals surface area contributed by atoms with E-state index in [2.05, 4.69) is 0 Å². The minimum atomic E-state index is -3.27. The third kappa shape index (κ3) is 4.19. The molecule has 0 N–H and O–H groups in total. The highest BCUT2D eigenvalue weighted by atomic mass is 32.2. The lowest BCUT2D eigenvalue weighted by Gasteiger charge is -2.45. The molecular weight excluding hydrogens is 338 g/mol. The second-order valence-electron chi connectivity index (χ2n) is 8.42. The van der Waals surface area contributed by atoms with Crippen LogP contribution >= 0.6 is 0 Å². The second kappa shape index (κ2) is 7.53. The fourth-order valence-electron chi connectivity index (χ4n) is 4.76. The van der Waals surface area contributed by atoms with Gasteiger partial charge in [0.05, 0.1) is 0 Å². The summed E-state index contributed by atoms with van der Waals surface area (Å²) in [6.07, 6.45) is 9.52. The van der Waals surface area contributed by atoms with Crippen molar-refractivity contribution >= 4 is 16.1 Å². The predicted octanol–water partition coefficient (Wildman–Crippen LogP) is 2.08. The SMILES string of the molecule is CN(C)S(=O)(=O)N1CCC2(CCC(CC(=O)N3CCCC3)CC2)CC1. The first-order chi connectivity index (χ1) is 11.8. The first-order valence-electron chi connectivity index (χ1n) is 9.78. The van der Waals surface area contributed by atoms with E-state index in [0.717, 1.165) is 70.9 Å². The molecule has 1 spiro atoms. The Kier molecular flexibility index (Phi) is 5.75. The van der Waals surface area contributed by atoms with E-state index >= 15 is 0 Å². The molecule has 0 radical (unpaired) electrons. The number of amides is 1. The van der Waals surface area contributed by atoms with E-state index in [1.54, 1.807) is 18.4 Å². The van der Waals surface area contributed by atoms with Crippen molar-refractivity contribution in [1.82, 2.24) is 13.5 Å². The predicted molar refractivity (Wildman–Crippen MR) is 98.2 cm³/mol. The zero-order valence-electron chi connectivity index (χ0n) is 15.7. The van der Waals surface area contributed by atoms with Crippen molar-refractivity contribution in [3.05, 3.63) is 0 Å². The average molecular weight is 372 g/mol. The van der Waals surface area contributed by atoms with Gasteiger partial charge in [-0.25, -0.2) is 0 Å². The Hall–Kier alpha value is -0.660. The number of likely N-dealkylation sites (tertiary alicyclic amines) is 1. The molecule has 2 aliphatic heterocycles. The van der Waals surface area contributed by atoms with Gasteiger partial charge in [0.2, 0.25) is 5.91 Å². The van der Waals surface area contributed by atoms with Crippen molar-refractivity contribution in [3.63, 3.8) is 0 Å². The Morgan fingerprint density at radius 2 is 1.56 bits per heavy atom. The number of carbonyl (C=O) groups excluding carboxylic acids is 1. The van der Waals surface area contributed by atoms with Crippen LogP contribution in [0.15, 0.2) is 0 Å². The Morgan fingerprint density at radius 1 is 1.00 bits per heavy atom. The van der Waals surface area contributed by atoms with E-state index in [1.807, 2.05) is 4.90 Å². The highest BCUT2D eigenvalue weighted by Crippen LogP contribution is 2.47. The van der Waals surface area contributed by atoms with Crippen molar-refractivity contribution in [2.75, 3.05) is 40.3 Å². The molecule has 25 heavy (non-hydrogen) atoms. The number of rotatable bonds is 4. The van der Waals surface area contributed by atoms with Gasteiger partial charge in [-0.15, -0.1) is 0 Å². The fourth-order valence-corrected chi connectivity index (χ4v) is 5.86. The van der Waals surface area contributed by atoms with Crippen molar-refractivity contribution < 1.29 is 13.2 Å². The van der Waals surface area contributed by atoms with Gasteiger partial charge < -0.3 is 4.90 Å². The van der Waals surface area contributed by atoms with E-state index < -0.39 is 10.2 Å². The summed E-state index contributed by atoms with van der Waals surface area (Å²) >= 11 is 0. The second-order valence-corrected chi connectivity index (χ2v) is 10.6. The van der Waals surface area contributed by atoms with E-state index in [9.17, 15) is 13.2 Å². The van der Waals surface area contributed by atoms with Crippen molar-refractivity contribution in [2.45, 2.75) is 57.8 Å². The molecule has 6 nitrogen and oxygen atoms in total. The lowest BCUT2D eigenvalue weighted by molar-refractivity contribution is -0.131. The lowest BCUT2D eigenvalue weighted by atomic mass is 9.65. The summed E-state index contributed by atoms with van der Waals surface area (Å²) in [4.78, 5) is 14.4. The minimum absolute atomic E-state index is 0.311. The molecule has 0 bridgehead atoms. The van der Waals surface area contributed by atoms with E-state index in [0.29, 0.717) is 30.3 Å². The molecule has 1 aliphatic carbocycles. The number of nitrogens with zero attached hydrogens (tertiary/aromatic N) is 3. The Balaban J connectivity index is 1.47.